The van der Waals surface area contributed by atoms with E-state index in [1.807, 2.05) is 13.8 Å². The van der Waals surface area contributed by atoms with E-state index in [1.165, 1.54) is 0 Å². The van der Waals surface area contributed by atoms with Gasteiger partial charge in [-0.05, 0) is 5.92 Å². The third kappa shape index (κ3) is 4.69. The topological polar surface area (TPSA) is 74.7 Å². The van der Waals surface area contributed by atoms with Crippen LogP contribution in [-0.2, 0) is 0 Å². The molecule has 0 bridgehead atoms. The lowest BCUT2D eigenvalue weighted by Gasteiger charge is -2.25. The smallest absolute Gasteiger partial charge is 0.168 e. The average molecular weight is 272 g/mol. The van der Waals surface area contributed by atoms with Crippen molar-refractivity contribution in [2.45, 2.75) is 20.3 Å². The van der Waals surface area contributed by atoms with Crippen LogP contribution in [0.3, 0.4) is 0 Å². The number of halogens is 2. The van der Waals surface area contributed by atoms with Crippen LogP contribution >= 0.6 is 0 Å². The normalized spacial score (nSPS) is 11.9. The Labute approximate surface area is 110 Å². The maximum atomic E-state index is 13.7. The van der Waals surface area contributed by atoms with Gasteiger partial charge in [-0.3, -0.25) is 0 Å². The number of hydrogen-bond acceptors (Lipinski definition) is 4. The molecular formula is C12H18F2N4O. The summed E-state index contributed by atoms with van der Waals surface area (Å²) in [6.45, 7) is 4.81. The van der Waals surface area contributed by atoms with Gasteiger partial charge in [0.1, 0.15) is 11.7 Å². The van der Waals surface area contributed by atoms with Crippen LogP contribution in [0.1, 0.15) is 20.3 Å². The van der Waals surface area contributed by atoms with Gasteiger partial charge in [-0.15, -0.1) is 0 Å². The van der Waals surface area contributed by atoms with Crippen molar-refractivity contribution in [1.82, 2.24) is 4.98 Å². The molecule has 1 heterocycles. The Morgan fingerprint density at radius 3 is 2.74 bits per heavy atom. The minimum atomic E-state index is -0.722. The zero-order valence-electron chi connectivity index (χ0n) is 11.0. The van der Waals surface area contributed by atoms with E-state index in [0.717, 1.165) is 12.3 Å². The summed E-state index contributed by atoms with van der Waals surface area (Å²) >= 11 is 0. The summed E-state index contributed by atoms with van der Waals surface area (Å²) in [4.78, 5) is 5.42. The van der Waals surface area contributed by atoms with E-state index in [-0.39, 0.29) is 24.0 Å². The Bertz CT molecular complexity index is 451. The van der Waals surface area contributed by atoms with Gasteiger partial charge in [0.2, 0.25) is 0 Å². The molecule has 0 radical (unpaired) electrons. The zero-order valence-corrected chi connectivity index (χ0v) is 11.0. The SMILES string of the molecule is CC(C)CN(CCC(N)=NO)c1ncc(F)cc1F. The van der Waals surface area contributed by atoms with Crippen LogP contribution in [0, 0.1) is 17.6 Å². The van der Waals surface area contributed by atoms with Crippen molar-refractivity contribution in [3.63, 3.8) is 0 Å². The molecule has 0 amide bonds. The molecule has 0 saturated heterocycles. The lowest BCUT2D eigenvalue weighted by atomic mass is 10.2. The molecule has 5 nitrogen and oxygen atoms in total. The van der Waals surface area contributed by atoms with E-state index >= 15 is 0 Å². The molecule has 0 aliphatic heterocycles. The quantitative estimate of drug-likeness (QED) is 0.359. The Morgan fingerprint density at radius 1 is 1.53 bits per heavy atom. The summed E-state index contributed by atoms with van der Waals surface area (Å²) in [5.74, 6) is -1.06. The minimum Gasteiger partial charge on any atom is -0.409 e. The van der Waals surface area contributed by atoms with Gasteiger partial charge in [0.25, 0.3) is 0 Å². The summed E-state index contributed by atoms with van der Waals surface area (Å²) in [7, 11) is 0. The van der Waals surface area contributed by atoms with Crippen LogP contribution in [-0.4, -0.2) is 29.1 Å². The number of oxime groups is 1. The van der Waals surface area contributed by atoms with Crippen LogP contribution in [0.4, 0.5) is 14.6 Å². The summed E-state index contributed by atoms with van der Waals surface area (Å²) in [5.41, 5.74) is 5.39. The van der Waals surface area contributed by atoms with Gasteiger partial charge < -0.3 is 15.8 Å². The van der Waals surface area contributed by atoms with Gasteiger partial charge in [0.05, 0.1) is 6.20 Å². The second-order valence-corrected chi connectivity index (χ2v) is 4.64. The van der Waals surface area contributed by atoms with Crippen molar-refractivity contribution in [2.24, 2.45) is 16.8 Å². The fourth-order valence-electron chi connectivity index (χ4n) is 1.66. The number of hydrogen-bond donors (Lipinski definition) is 2. The molecule has 0 saturated carbocycles. The molecule has 1 rings (SSSR count). The molecule has 0 aliphatic rings. The first-order chi connectivity index (χ1) is 8.93. The number of amidine groups is 1. The Kier molecular flexibility index (Phi) is 5.47. The van der Waals surface area contributed by atoms with E-state index in [4.69, 9.17) is 10.9 Å². The van der Waals surface area contributed by atoms with Gasteiger partial charge in [0.15, 0.2) is 11.6 Å². The van der Waals surface area contributed by atoms with Gasteiger partial charge in [-0.2, -0.15) is 0 Å². The molecule has 3 N–H and O–H groups in total. The Hall–Kier alpha value is -1.92. The van der Waals surface area contributed by atoms with Crippen LogP contribution in [0.15, 0.2) is 17.4 Å². The number of rotatable bonds is 6. The summed E-state index contributed by atoms with van der Waals surface area (Å²) in [5, 5.41) is 11.4. The summed E-state index contributed by atoms with van der Waals surface area (Å²) < 4.78 is 26.6. The highest BCUT2D eigenvalue weighted by molar-refractivity contribution is 5.80. The molecule has 0 atom stereocenters. The molecule has 0 aromatic carbocycles. The Balaban J connectivity index is 2.89. The molecule has 1 aromatic rings. The maximum Gasteiger partial charge on any atom is 0.168 e. The Morgan fingerprint density at radius 2 is 2.21 bits per heavy atom. The van der Waals surface area contributed by atoms with Crippen molar-refractivity contribution in [2.75, 3.05) is 18.0 Å². The maximum absolute atomic E-state index is 13.7. The van der Waals surface area contributed by atoms with Crippen molar-refractivity contribution in [3.8, 4) is 0 Å². The molecule has 1 aromatic heterocycles. The third-order valence-electron chi connectivity index (χ3n) is 2.44. The predicted octanol–water partition coefficient (Wildman–Crippen LogP) is 1.96. The molecular weight excluding hydrogens is 254 g/mol. The number of aromatic nitrogens is 1. The van der Waals surface area contributed by atoms with Gasteiger partial charge in [-0.25, -0.2) is 13.8 Å². The van der Waals surface area contributed by atoms with Gasteiger partial charge in [-0.1, -0.05) is 19.0 Å². The molecule has 0 aliphatic carbocycles. The highest BCUT2D eigenvalue weighted by atomic mass is 19.1. The van der Waals surface area contributed by atoms with E-state index in [1.54, 1.807) is 4.90 Å². The summed E-state index contributed by atoms with van der Waals surface area (Å²) in [6, 6.07) is 0.791. The van der Waals surface area contributed by atoms with Gasteiger partial charge in [0, 0.05) is 25.6 Å². The fraction of sp³-hybridized carbons (Fsp3) is 0.500. The van der Waals surface area contributed by atoms with Crippen LogP contribution < -0.4 is 10.6 Å². The van der Waals surface area contributed by atoms with Gasteiger partial charge >= 0.3 is 0 Å². The standard InChI is InChI=1S/C12H18F2N4O/c1-8(2)7-18(4-3-11(15)17-19)12-10(14)5-9(13)6-16-12/h5-6,8,19H,3-4,7H2,1-2H3,(H2,15,17). The lowest BCUT2D eigenvalue weighted by Crippen LogP contribution is -2.32. The predicted molar refractivity (Wildman–Crippen MR) is 69.2 cm³/mol. The number of anilines is 1. The lowest BCUT2D eigenvalue weighted by molar-refractivity contribution is 0.317. The second-order valence-electron chi connectivity index (χ2n) is 4.64. The first kappa shape index (κ1) is 15.1. The molecule has 0 unspecified atom stereocenters. The zero-order chi connectivity index (χ0) is 14.4. The van der Waals surface area contributed by atoms with Crippen LogP contribution in [0.25, 0.3) is 0 Å². The molecule has 0 fully saturated rings. The first-order valence-corrected chi connectivity index (χ1v) is 5.96. The van der Waals surface area contributed by atoms with Crippen molar-refractivity contribution >= 4 is 11.7 Å². The molecule has 19 heavy (non-hydrogen) atoms. The minimum absolute atomic E-state index is 0.0521. The van der Waals surface area contributed by atoms with E-state index in [2.05, 4.69) is 10.1 Å². The van der Waals surface area contributed by atoms with E-state index in [0.29, 0.717) is 13.1 Å². The highest BCUT2D eigenvalue weighted by Gasteiger charge is 2.15. The fourth-order valence-corrected chi connectivity index (χ4v) is 1.66. The highest BCUT2D eigenvalue weighted by Crippen LogP contribution is 2.18. The number of pyridine rings is 1. The van der Waals surface area contributed by atoms with E-state index < -0.39 is 11.6 Å². The molecule has 7 heteroatoms. The van der Waals surface area contributed by atoms with E-state index in [9.17, 15) is 8.78 Å². The monoisotopic (exact) mass is 272 g/mol. The van der Waals surface area contributed by atoms with Crippen molar-refractivity contribution in [1.29, 1.82) is 0 Å². The van der Waals surface area contributed by atoms with Crippen molar-refractivity contribution < 1.29 is 14.0 Å². The second kappa shape index (κ2) is 6.86. The molecule has 0 spiro atoms. The van der Waals surface area contributed by atoms with Crippen LogP contribution in [0.2, 0.25) is 0 Å². The van der Waals surface area contributed by atoms with Crippen LogP contribution in [0.5, 0.6) is 0 Å². The number of nitrogens with two attached hydrogens (primary N) is 1. The van der Waals surface area contributed by atoms with Crippen molar-refractivity contribution in [3.05, 3.63) is 23.9 Å². The third-order valence-corrected chi connectivity index (χ3v) is 2.44. The summed E-state index contributed by atoms with van der Waals surface area (Å²) in [6.07, 6.45) is 1.23. The largest absolute Gasteiger partial charge is 0.409 e. The first-order valence-electron chi connectivity index (χ1n) is 5.96. The molecule has 106 valence electrons. The average Bonchev–Trinajstić information content (AvgIpc) is 2.34. The number of nitrogens with zero attached hydrogens (tertiary/aromatic N) is 3.